The van der Waals surface area contributed by atoms with Crippen LogP contribution in [0.25, 0.3) is 11.1 Å². The van der Waals surface area contributed by atoms with Crippen LogP contribution in [0.4, 0.5) is 0 Å². The molecule has 1 aliphatic rings. The predicted molar refractivity (Wildman–Crippen MR) is 135 cm³/mol. The average Bonchev–Trinajstić information content (AvgIpc) is 3.28. The molecule has 7 heteroatoms. The topological polar surface area (TPSA) is 98.0 Å². The van der Waals surface area contributed by atoms with Gasteiger partial charge in [0.05, 0.1) is 5.56 Å². The molecule has 1 fully saturated rings. The van der Waals surface area contributed by atoms with Crippen molar-refractivity contribution in [3.05, 3.63) is 65.5 Å². The third-order valence-electron chi connectivity index (χ3n) is 6.85. The number of unbranched alkanes of at least 4 members (excludes halogenated alkanes) is 2. The van der Waals surface area contributed by atoms with Crippen molar-refractivity contribution in [1.82, 2.24) is 19.7 Å². The maximum absolute atomic E-state index is 13.0. The van der Waals surface area contributed by atoms with Gasteiger partial charge >= 0.3 is 5.97 Å². The number of nitrogens with zero attached hydrogens (tertiary/aromatic N) is 4. The van der Waals surface area contributed by atoms with Crippen molar-refractivity contribution in [2.75, 3.05) is 0 Å². The standard InChI is InChI=1S/C28H34N4O3/c1-2-3-7-16-32-26(30-27(31-32)25(33)17-20-8-5-4-6-9-20)18-21-10-12-22(13-11-21)23-14-15-29-19-24(23)28(34)35/h10-15,19-20H,2-9,16-18H2,1H3,(H,34,35). The highest BCUT2D eigenvalue weighted by atomic mass is 16.4. The Morgan fingerprint density at radius 1 is 1.06 bits per heavy atom. The van der Waals surface area contributed by atoms with Gasteiger partial charge in [-0.2, -0.15) is 0 Å². The molecule has 35 heavy (non-hydrogen) atoms. The summed E-state index contributed by atoms with van der Waals surface area (Å²) < 4.78 is 1.91. The van der Waals surface area contributed by atoms with Crippen molar-refractivity contribution in [3.8, 4) is 11.1 Å². The minimum atomic E-state index is -0.997. The zero-order valence-electron chi connectivity index (χ0n) is 20.4. The molecule has 7 nitrogen and oxygen atoms in total. The number of pyridine rings is 1. The largest absolute Gasteiger partial charge is 0.478 e. The summed E-state index contributed by atoms with van der Waals surface area (Å²) in [6, 6.07) is 9.52. The molecule has 2 aromatic heterocycles. The molecule has 0 saturated heterocycles. The lowest BCUT2D eigenvalue weighted by Crippen LogP contribution is -2.13. The fourth-order valence-corrected chi connectivity index (χ4v) is 4.86. The van der Waals surface area contributed by atoms with Crippen LogP contribution in [-0.2, 0) is 13.0 Å². The molecule has 0 amide bonds. The Morgan fingerprint density at radius 2 is 1.83 bits per heavy atom. The van der Waals surface area contributed by atoms with E-state index in [1.807, 2.05) is 28.9 Å². The number of rotatable bonds is 11. The maximum atomic E-state index is 13.0. The number of carbonyl (C=O) groups excluding carboxylic acids is 1. The van der Waals surface area contributed by atoms with E-state index in [-0.39, 0.29) is 11.3 Å². The van der Waals surface area contributed by atoms with Crippen molar-refractivity contribution < 1.29 is 14.7 Å². The van der Waals surface area contributed by atoms with E-state index in [0.717, 1.165) is 55.6 Å². The molecule has 0 spiro atoms. The number of aromatic carboxylic acids is 1. The normalized spacial score (nSPS) is 14.2. The summed E-state index contributed by atoms with van der Waals surface area (Å²) in [4.78, 5) is 33.1. The smallest absolute Gasteiger partial charge is 0.337 e. The molecule has 1 saturated carbocycles. The second-order valence-electron chi connectivity index (χ2n) is 9.51. The SMILES string of the molecule is CCCCCn1nc(C(=O)CC2CCCCC2)nc1Cc1ccc(-c2ccncc2C(=O)O)cc1. The van der Waals surface area contributed by atoms with Crippen LogP contribution in [0.2, 0.25) is 0 Å². The van der Waals surface area contributed by atoms with Gasteiger partial charge in [-0.15, -0.1) is 5.10 Å². The van der Waals surface area contributed by atoms with Gasteiger partial charge in [0.15, 0.2) is 0 Å². The van der Waals surface area contributed by atoms with Crippen LogP contribution in [0.1, 0.15) is 97.1 Å². The lowest BCUT2D eigenvalue weighted by Gasteiger charge is -2.19. The van der Waals surface area contributed by atoms with E-state index >= 15 is 0 Å². The van der Waals surface area contributed by atoms with E-state index in [4.69, 9.17) is 0 Å². The third-order valence-corrected chi connectivity index (χ3v) is 6.85. The van der Waals surface area contributed by atoms with Crippen LogP contribution in [0.5, 0.6) is 0 Å². The third kappa shape index (κ3) is 6.41. The van der Waals surface area contributed by atoms with E-state index in [9.17, 15) is 14.7 Å². The van der Waals surface area contributed by atoms with Gasteiger partial charge in [-0.1, -0.05) is 76.1 Å². The minimum Gasteiger partial charge on any atom is -0.478 e. The highest BCUT2D eigenvalue weighted by Gasteiger charge is 2.22. The molecule has 1 aliphatic carbocycles. The number of carbonyl (C=O) groups is 2. The second kappa shape index (κ2) is 11.9. The fraction of sp³-hybridized carbons (Fsp3) is 0.464. The van der Waals surface area contributed by atoms with Gasteiger partial charge < -0.3 is 5.11 Å². The number of carboxylic acids is 1. The Balaban J connectivity index is 1.52. The van der Waals surface area contributed by atoms with Crippen molar-refractivity contribution in [1.29, 1.82) is 0 Å². The molecule has 2 heterocycles. The molecule has 0 bridgehead atoms. The molecular formula is C28H34N4O3. The second-order valence-corrected chi connectivity index (χ2v) is 9.51. The Labute approximate surface area is 206 Å². The van der Waals surface area contributed by atoms with E-state index in [0.29, 0.717) is 30.1 Å². The summed E-state index contributed by atoms with van der Waals surface area (Å²) in [7, 11) is 0. The molecule has 3 aromatic rings. The lowest BCUT2D eigenvalue weighted by atomic mass is 9.86. The molecule has 0 atom stereocenters. The van der Waals surface area contributed by atoms with Crippen LogP contribution >= 0.6 is 0 Å². The Kier molecular flexibility index (Phi) is 8.40. The predicted octanol–water partition coefficient (Wildman–Crippen LogP) is 5.97. The van der Waals surface area contributed by atoms with Crippen LogP contribution in [0, 0.1) is 5.92 Å². The first-order valence-electron chi connectivity index (χ1n) is 12.8. The minimum absolute atomic E-state index is 0.0571. The van der Waals surface area contributed by atoms with Crippen LogP contribution < -0.4 is 0 Å². The van der Waals surface area contributed by atoms with E-state index in [2.05, 4.69) is 22.0 Å². The first-order chi connectivity index (χ1) is 17.0. The summed E-state index contributed by atoms with van der Waals surface area (Å²) in [6.45, 7) is 2.92. The molecule has 1 aromatic carbocycles. The number of aromatic nitrogens is 4. The van der Waals surface area contributed by atoms with Gasteiger partial charge in [-0.3, -0.25) is 9.78 Å². The van der Waals surface area contributed by atoms with Crippen molar-refractivity contribution in [3.63, 3.8) is 0 Å². The molecule has 0 unspecified atom stereocenters. The number of aryl methyl sites for hydroxylation is 1. The number of carboxylic acid groups (broad SMARTS) is 1. The van der Waals surface area contributed by atoms with Gasteiger partial charge in [-0.05, 0) is 35.1 Å². The summed E-state index contributed by atoms with van der Waals surface area (Å²) in [6.07, 6.45) is 13.3. The van der Waals surface area contributed by atoms with Gasteiger partial charge in [0, 0.05) is 31.8 Å². The molecule has 0 radical (unpaired) electrons. The maximum Gasteiger partial charge on any atom is 0.337 e. The molecule has 184 valence electrons. The number of ketones is 1. The number of hydrogen-bond acceptors (Lipinski definition) is 5. The summed E-state index contributed by atoms with van der Waals surface area (Å²) in [5.41, 5.74) is 2.67. The highest BCUT2D eigenvalue weighted by Crippen LogP contribution is 2.27. The zero-order chi connectivity index (χ0) is 24.6. The van der Waals surface area contributed by atoms with Crippen molar-refractivity contribution >= 4 is 11.8 Å². The van der Waals surface area contributed by atoms with Gasteiger partial charge in [0.25, 0.3) is 0 Å². The number of Topliss-reactive ketones (excluding diaryl/α,β-unsaturated/α-hetero) is 1. The first-order valence-corrected chi connectivity index (χ1v) is 12.8. The van der Waals surface area contributed by atoms with Crippen LogP contribution in [0.3, 0.4) is 0 Å². The summed E-state index contributed by atoms with van der Waals surface area (Å²) in [5, 5.41) is 14.1. The highest BCUT2D eigenvalue weighted by molar-refractivity contribution is 5.95. The van der Waals surface area contributed by atoms with Gasteiger partial charge in [-0.25, -0.2) is 14.5 Å². The summed E-state index contributed by atoms with van der Waals surface area (Å²) in [5.74, 6) is 0.671. The van der Waals surface area contributed by atoms with Crippen LogP contribution in [-0.4, -0.2) is 36.6 Å². The molecular weight excluding hydrogens is 440 g/mol. The Bertz CT molecular complexity index is 1150. The van der Waals surface area contributed by atoms with Crippen LogP contribution in [0.15, 0.2) is 42.7 Å². The van der Waals surface area contributed by atoms with Crippen molar-refractivity contribution in [2.45, 2.75) is 77.7 Å². The Morgan fingerprint density at radius 3 is 2.54 bits per heavy atom. The quantitative estimate of drug-likeness (QED) is 0.271. The van der Waals surface area contributed by atoms with E-state index in [1.54, 1.807) is 12.3 Å². The first kappa shape index (κ1) is 24.8. The molecule has 1 N–H and O–H groups in total. The number of hydrogen-bond donors (Lipinski definition) is 1. The number of benzene rings is 1. The Hall–Kier alpha value is -3.35. The fourth-order valence-electron chi connectivity index (χ4n) is 4.86. The van der Waals surface area contributed by atoms with Crippen molar-refractivity contribution in [2.24, 2.45) is 5.92 Å². The monoisotopic (exact) mass is 474 g/mol. The van der Waals surface area contributed by atoms with E-state index < -0.39 is 5.97 Å². The van der Waals surface area contributed by atoms with Gasteiger partial charge in [0.1, 0.15) is 5.82 Å². The zero-order valence-corrected chi connectivity index (χ0v) is 20.4. The lowest BCUT2D eigenvalue weighted by molar-refractivity contribution is 0.0697. The summed E-state index contributed by atoms with van der Waals surface area (Å²) >= 11 is 0. The molecule has 4 rings (SSSR count). The van der Waals surface area contributed by atoms with Gasteiger partial charge in [0.2, 0.25) is 11.6 Å². The van der Waals surface area contributed by atoms with E-state index in [1.165, 1.54) is 25.5 Å². The average molecular weight is 475 g/mol. The molecule has 0 aliphatic heterocycles.